The first-order chi connectivity index (χ1) is 13.6. The standard InChI is InChI=1S/C17H13F3N4O5/c1-22-14-10(6-7-13(21-14)17(18,19)20)15(25)23(16(22)26)8-9-29-12-5-3-2-4-11(12)24(27)28/h2-7H,8-9H2,1H3. The number of pyridine rings is 1. The van der Waals surface area contributed by atoms with Gasteiger partial charge in [0.05, 0.1) is 16.9 Å². The minimum Gasteiger partial charge on any atom is -0.485 e. The van der Waals surface area contributed by atoms with E-state index in [9.17, 15) is 32.9 Å². The summed E-state index contributed by atoms with van der Waals surface area (Å²) in [6.07, 6.45) is -4.72. The fourth-order valence-corrected chi connectivity index (χ4v) is 2.71. The van der Waals surface area contributed by atoms with Gasteiger partial charge in [0.1, 0.15) is 17.9 Å². The predicted octanol–water partition coefficient (Wildman–Crippen LogP) is 2.10. The zero-order valence-electron chi connectivity index (χ0n) is 14.8. The Hall–Kier alpha value is -3.70. The van der Waals surface area contributed by atoms with Crippen molar-refractivity contribution >= 4 is 16.7 Å². The van der Waals surface area contributed by atoms with Gasteiger partial charge in [-0.25, -0.2) is 9.78 Å². The average Bonchev–Trinajstić information content (AvgIpc) is 2.68. The minimum absolute atomic E-state index is 0.0420. The second-order valence-corrected chi connectivity index (χ2v) is 5.94. The van der Waals surface area contributed by atoms with Gasteiger partial charge in [0.15, 0.2) is 5.75 Å². The van der Waals surface area contributed by atoms with E-state index >= 15 is 0 Å². The van der Waals surface area contributed by atoms with Crippen LogP contribution < -0.4 is 16.0 Å². The molecule has 2 aromatic heterocycles. The van der Waals surface area contributed by atoms with Gasteiger partial charge in [0.25, 0.3) is 5.56 Å². The van der Waals surface area contributed by atoms with E-state index in [-0.39, 0.29) is 30.0 Å². The largest absolute Gasteiger partial charge is 0.485 e. The van der Waals surface area contributed by atoms with Crippen molar-refractivity contribution in [3.63, 3.8) is 0 Å². The van der Waals surface area contributed by atoms with Crippen molar-refractivity contribution in [3.8, 4) is 5.75 Å². The number of nitrogens with zero attached hydrogens (tertiary/aromatic N) is 4. The first-order valence-corrected chi connectivity index (χ1v) is 8.15. The molecule has 0 aliphatic rings. The fourth-order valence-electron chi connectivity index (χ4n) is 2.71. The number of ether oxygens (including phenoxy) is 1. The maximum atomic E-state index is 12.8. The Kier molecular flexibility index (Phi) is 5.10. The maximum absolute atomic E-state index is 12.8. The number of fused-ring (bicyclic) bond motifs is 1. The van der Waals surface area contributed by atoms with Crippen LogP contribution in [0.4, 0.5) is 18.9 Å². The molecule has 0 fully saturated rings. The van der Waals surface area contributed by atoms with Crippen molar-refractivity contribution in [2.24, 2.45) is 7.05 Å². The van der Waals surface area contributed by atoms with Crippen LogP contribution in [0.25, 0.3) is 11.0 Å². The quantitative estimate of drug-likeness (QED) is 0.471. The number of nitro groups is 1. The normalized spacial score (nSPS) is 11.6. The van der Waals surface area contributed by atoms with Gasteiger partial charge < -0.3 is 4.74 Å². The van der Waals surface area contributed by atoms with E-state index in [4.69, 9.17) is 4.74 Å². The summed E-state index contributed by atoms with van der Waals surface area (Å²) < 4.78 is 45.5. The van der Waals surface area contributed by atoms with Gasteiger partial charge in [0.2, 0.25) is 0 Å². The molecule has 12 heteroatoms. The average molecular weight is 410 g/mol. The SMILES string of the molecule is Cn1c(=O)n(CCOc2ccccc2[N+](=O)[O-])c(=O)c2ccc(C(F)(F)F)nc21. The zero-order valence-corrected chi connectivity index (χ0v) is 14.8. The first-order valence-electron chi connectivity index (χ1n) is 8.15. The van der Waals surface area contributed by atoms with E-state index < -0.39 is 33.7 Å². The Morgan fingerprint density at radius 2 is 1.86 bits per heavy atom. The number of halogens is 3. The lowest BCUT2D eigenvalue weighted by molar-refractivity contribution is -0.385. The summed E-state index contributed by atoms with van der Waals surface area (Å²) in [5.74, 6) is -0.0420. The molecule has 0 amide bonds. The summed E-state index contributed by atoms with van der Waals surface area (Å²) in [6, 6.07) is 7.18. The van der Waals surface area contributed by atoms with Crippen LogP contribution in [-0.4, -0.2) is 25.6 Å². The number of aryl methyl sites for hydroxylation is 1. The lowest BCUT2D eigenvalue weighted by Crippen LogP contribution is -2.40. The third-order valence-electron chi connectivity index (χ3n) is 4.11. The van der Waals surface area contributed by atoms with Crippen LogP contribution in [0.15, 0.2) is 46.0 Å². The van der Waals surface area contributed by atoms with Gasteiger partial charge in [-0.3, -0.25) is 24.0 Å². The van der Waals surface area contributed by atoms with Gasteiger partial charge >= 0.3 is 17.6 Å². The lowest BCUT2D eigenvalue weighted by atomic mass is 10.2. The molecule has 0 saturated heterocycles. The number of benzene rings is 1. The van der Waals surface area contributed by atoms with E-state index in [0.717, 1.165) is 15.2 Å². The first kappa shape index (κ1) is 20.0. The highest BCUT2D eigenvalue weighted by molar-refractivity contribution is 5.74. The second-order valence-electron chi connectivity index (χ2n) is 5.94. The smallest absolute Gasteiger partial charge is 0.433 e. The number of aromatic nitrogens is 3. The third kappa shape index (κ3) is 3.81. The fraction of sp³-hybridized carbons (Fsp3) is 0.235. The number of alkyl halides is 3. The highest BCUT2D eigenvalue weighted by Gasteiger charge is 2.33. The molecule has 0 radical (unpaired) electrons. The Balaban J connectivity index is 1.94. The maximum Gasteiger partial charge on any atom is 0.433 e. The molecule has 29 heavy (non-hydrogen) atoms. The van der Waals surface area contributed by atoms with Crippen LogP contribution in [0, 0.1) is 10.1 Å². The molecule has 0 bridgehead atoms. The summed E-state index contributed by atoms with van der Waals surface area (Å²) in [5, 5.41) is 10.8. The molecule has 0 atom stereocenters. The number of hydrogen-bond donors (Lipinski definition) is 0. The molecule has 9 nitrogen and oxygen atoms in total. The Morgan fingerprint density at radius 3 is 2.52 bits per heavy atom. The molecule has 0 aliphatic heterocycles. The molecule has 0 unspecified atom stereocenters. The Bertz CT molecular complexity index is 1220. The summed E-state index contributed by atoms with van der Waals surface area (Å²) in [4.78, 5) is 38.7. The lowest BCUT2D eigenvalue weighted by Gasteiger charge is -2.12. The van der Waals surface area contributed by atoms with E-state index in [2.05, 4.69) is 4.98 Å². The molecule has 3 aromatic rings. The van der Waals surface area contributed by atoms with Gasteiger partial charge in [-0.15, -0.1) is 0 Å². The van der Waals surface area contributed by atoms with Crippen molar-refractivity contribution in [1.29, 1.82) is 0 Å². The zero-order chi connectivity index (χ0) is 21.3. The molecule has 0 spiro atoms. The van der Waals surface area contributed by atoms with E-state index in [1.54, 1.807) is 0 Å². The molecule has 0 N–H and O–H groups in total. The van der Waals surface area contributed by atoms with Crippen LogP contribution in [0.3, 0.4) is 0 Å². The summed E-state index contributed by atoms with van der Waals surface area (Å²) in [7, 11) is 1.19. The van der Waals surface area contributed by atoms with Crippen LogP contribution in [0.2, 0.25) is 0 Å². The van der Waals surface area contributed by atoms with Gasteiger partial charge in [0, 0.05) is 13.1 Å². The molecule has 2 heterocycles. The van der Waals surface area contributed by atoms with Gasteiger partial charge in [-0.2, -0.15) is 13.2 Å². The summed E-state index contributed by atoms with van der Waals surface area (Å²) >= 11 is 0. The van der Waals surface area contributed by atoms with Crippen LogP contribution in [0.1, 0.15) is 5.69 Å². The number of para-hydroxylation sites is 2. The molecule has 0 aliphatic carbocycles. The predicted molar refractivity (Wildman–Crippen MR) is 94.8 cm³/mol. The second kappa shape index (κ2) is 7.37. The van der Waals surface area contributed by atoms with Gasteiger partial charge in [-0.1, -0.05) is 12.1 Å². The number of hydrogen-bond acceptors (Lipinski definition) is 6. The highest BCUT2D eigenvalue weighted by atomic mass is 19.4. The van der Waals surface area contributed by atoms with Crippen molar-refractivity contribution in [2.75, 3.05) is 6.61 Å². The van der Waals surface area contributed by atoms with E-state index in [1.807, 2.05) is 0 Å². The van der Waals surface area contributed by atoms with Gasteiger partial charge in [-0.05, 0) is 18.2 Å². The van der Waals surface area contributed by atoms with Crippen molar-refractivity contribution in [1.82, 2.24) is 14.1 Å². The molecular formula is C17H13F3N4O5. The summed E-state index contributed by atoms with van der Waals surface area (Å²) in [6.45, 7) is -0.520. The topological polar surface area (TPSA) is 109 Å². The molecule has 3 rings (SSSR count). The van der Waals surface area contributed by atoms with Crippen LogP contribution >= 0.6 is 0 Å². The number of rotatable bonds is 5. The van der Waals surface area contributed by atoms with Crippen LogP contribution in [-0.2, 0) is 19.8 Å². The highest BCUT2D eigenvalue weighted by Crippen LogP contribution is 2.28. The van der Waals surface area contributed by atoms with Crippen molar-refractivity contribution < 1.29 is 22.8 Å². The third-order valence-corrected chi connectivity index (χ3v) is 4.11. The Morgan fingerprint density at radius 1 is 1.17 bits per heavy atom. The van der Waals surface area contributed by atoms with E-state index in [1.165, 1.54) is 31.3 Å². The van der Waals surface area contributed by atoms with Crippen LogP contribution in [0.5, 0.6) is 5.75 Å². The van der Waals surface area contributed by atoms with E-state index in [0.29, 0.717) is 6.07 Å². The molecule has 1 aromatic carbocycles. The monoisotopic (exact) mass is 410 g/mol. The number of nitro benzene ring substituents is 1. The minimum atomic E-state index is -4.72. The Labute approximate surface area is 159 Å². The molecular weight excluding hydrogens is 397 g/mol. The molecule has 152 valence electrons. The summed E-state index contributed by atoms with van der Waals surface area (Å²) in [5.41, 5.74) is -3.63. The molecule has 0 saturated carbocycles. The van der Waals surface area contributed by atoms with Crippen molar-refractivity contribution in [2.45, 2.75) is 12.7 Å². The van der Waals surface area contributed by atoms with Crippen molar-refractivity contribution in [3.05, 3.63) is 73.0 Å².